The molecule has 1 aromatic carbocycles. The minimum atomic E-state index is -3.46. The highest BCUT2D eigenvalue weighted by atomic mass is 32.2. The standard InChI is InChI=1S/C16H21N3O2S/c1-3-18-15(10-11-17-18)16-5-4-12-19(16)22(20,21)14-8-6-13(2)7-9-14/h6-11,16H,3-5,12H2,1-2H3. The molecule has 1 fully saturated rings. The van der Waals surface area contributed by atoms with Crippen LogP contribution in [0.3, 0.4) is 0 Å². The second-order valence-electron chi connectivity index (χ2n) is 5.66. The summed E-state index contributed by atoms with van der Waals surface area (Å²) in [6.45, 7) is 5.28. The van der Waals surface area contributed by atoms with Gasteiger partial charge in [0.05, 0.1) is 16.6 Å². The van der Waals surface area contributed by atoms with E-state index in [4.69, 9.17) is 0 Å². The van der Waals surface area contributed by atoms with E-state index in [-0.39, 0.29) is 6.04 Å². The van der Waals surface area contributed by atoms with Gasteiger partial charge in [0.15, 0.2) is 0 Å². The van der Waals surface area contributed by atoms with Gasteiger partial charge in [0.2, 0.25) is 10.0 Å². The summed E-state index contributed by atoms with van der Waals surface area (Å²) in [5.41, 5.74) is 2.04. The summed E-state index contributed by atoms with van der Waals surface area (Å²) >= 11 is 0. The molecule has 118 valence electrons. The maximum Gasteiger partial charge on any atom is 0.243 e. The largest absolute Gasteiger partial charge is 0.268 e. The van der Waals surface area contributed by atoms with Crippen molar-refractivity contribution in [3.63, 3.8) is 0 Å². The molecule has 5 nitrogen and oxygen atoms in total. The summed E-state index contributed by atoms with van der Waals surface area (Å²) in [5.74, 6) is 0. The number of aromatic nitrogens is 2. The summed E-state index contributed by atoms with van der Waals surface area (Å²) in [5, 5.41) is 4.28. The first-order valence-electron chi connectivity index (χ1n) is 7.64. The zero-order valence-electron chi connectivity index (χ0n) is 12.9. The second-order valence-corrected chi connectivity index (χ2v) is 7.55. The van der Waals surface area contributed by atoms with Crippen molar-refractivity contribution in [2.75, 3.05) is 6.54 Å². The molecule has 0 bridgehead atoms. The Bertz CT molecular complexity index is 750. The normalized spacial score (nSPS) is 19.6. The van der Waals surface area contributed by atoms with Crippen LogP contribution in [0.5, 0.6) is 0 Å². The van der Waals surface area contributed by atoms with E-state index in [1.165, 1.54) is 0 Å². The molecule has 3 rings (SSSR count). The quantitative estimate of drug-likeness (QED) is 0.870. The SMILES string of the molecule is CCn1nccc1C1CCCN1S(=O)(=O)c1ccc(C)cc1. The van der Waals surface area contributed by atoms with Gasteiger partial charge in [-0.25, -0.2) is 8.42 Å². The minimum Gasteiger partial charge on any atom is -0.268 e. The van der Waals surface area contributed by atoms with Crippen LogP contribution in [0.2, 0.25) is 0 Å². The Morgan fingerprint density at radius 3 is 2.64 bits per heavy atom. The first kappa shape index (κ1) is 15.2. The number of aryl methyl sites for hydroxylation is 2. The van der Waals surface area contributed by atoms with Crippen molar-refractivity contribution in [2.45, 2.75) is 44.2 Å². The number of hydrogen-bond donors (Lipinski definition) is 0. The van der Waals surface area contributed by atoms with Crippen LogP contribution in [0.15, 0.2) is 41.4 Å². The average molecular weight is 319 g/mol. The smallest absolute Gasteiger partial charge is 0.243 e. The topological polar surface area (TPSA) is 55.2 Å². The van der Waals surface area contributed by atoms with Gasteiger partial charge >= 0.3 is 0 Å². The molecule has 1 unspecified atom stereocenters. The fraction of sp³-hybridized carbons (Fsp3) is 0.438. The third-order valence-electron chi connectivity index (χ3n) is 4.22. The fourth-order valence-corrected chi connectivity index (χ4v) is 4.73. The predicted octanol–water partition coefficient (Wildman–Crippen LogP) is 2.74. The molecule has 0 radical (unpaired) electrons. The maximum absolute atomic E-state index is 12.9. The zero-order chi connectivity index (χ0) is 15.7. The number of benzene rings is 1. The van der Waals surface area contributed by atoms with E-state index < -0.39 is 10.0 Å². The van der Waals surface area contributed by atoms with Crippen LogP contribution < -0.4 is 0 Å². The van der Waals surface area contributed by atoms with Crippen LogP contribution >= 0.6 is 0 Å². The van der Waals surface area contributed by atoms with E-state index in [1.54, 1.807) is 22.6 Å². The lowest BCUT2D eigenvalue weighted by molar-refractivity contribution is 0.376. The molecular formula is C16H21N3O2S. The van der Waals surface area contributed by atoms with Crippen LogP contribution in [0, 0.1) is 6.92 Å². The van der Waals surface area contributed by atoms with Crippen molar-refractivity contribution in [1.82, 2.24) is 14.1 Å². The van der Waals surface area contributed by atoms with Crippen molar-refractivity contribution in [3.05, 3.63) is 47.8 Å². The minimum absolute atomic E-state index is 0.117. The summed E-state index contributed by atoms with van der Waals surface area (Å²) < 4.78 is 29.4. The van der Waals surface area contributed by atoms with Crippen molar-refractivity contribution >= 4 is 10.0 Å². The van der Waals surface area contributed by atoms with E-state index in [0.717, 1.165) is 30.6 Å². The first-order chi connectivity index (χ1) is 10.5. The Morgan fingerprint density at radius 1 is 1.23 bits per heavy atom. The lowest BCUT2D eigenvalue weighted by Gasteiger charge is -2.24. The van der Waals surface area contributed by atoms with Crippen LogP contribution in [0.25, 0.3) is 0 Å². The highest BCUT2D eigenvalue weighted by Gasteiger charge is 2.37. The van der Waals surface area contributed by atoms with Crippen LogP contribution in [0.1, 0.15) is 37.1 Å². The molecule has 6 heteroatoms. The van der Waals surface area contributed by atoms with Crippen molar-refractivity contribution in [1.29, 1.82) is 0 Å². The molecule has 0 spiro atoms. The van der Waals surface area contributed by atoms with E-state index in [0.29, 0.717) is 11.4 Å². The molecule has 0 aliphatic carbocycles. The van der Waals surface area contributed by atoms with Gasteiger partial charge in [0, 0.05) is 19.3 Å². The molecule has 2 heterocycles. The van der Waals surface area contributed by atoms with Crippen molar-refractivity contribution in [3.8, 4) is 0 Å². The maximum atomic E-state index is 12.9. The van der Waals surface area contributed by atoms with Crippen LogP contribution in [-0.2, 0) is 16.6 Å². The Balaban J connectivity index is 1.97. The van der Waals surface area contributed by atoms with E-state index in [9.17, 15) is 8.42 Å². The summed E-state index contributed by atoms with van der Waals surface area (Å²) in [6, 6.07) is 8.88. The average Bonchev–Trinajstić information content (AvgIpc) is 3.16. The Hall–Kier alpha value is -1.66. The van der Waals surface area contributed by atoms with Gasteiger partial charge in [-0.3, -0.25) is 4.68 Å². The van der Waals surface area contributed by atoms with Crippen molar-refractivity contribution < 1.29 is 8.42 Å². The van der Waals surface area contributed by atoms with Crippen molar-refractivity contribution in [2.24, 2.45) is 0 Å². The molecular weight excluding hydrogens is 298 g/mol. The number of nitrogens with zero attached hydrogens (tertiary/aromatic N) is 3. The van der Waals surface area contributed by atoms with E-state index in [2.05, 4.69) is 5.10 Å². The molecule has 2 aromatic rings. The third-order valence-corrected chi connectivity index (χ3v) is 6.14. The summed E-state index contributed by atoms with van der Waals surface area (Å²) in [6.07, 6.45) is 3.47. The highest BCUT2D eigenvalue weighted by molar-refractivity contribution is 7.89. The summed E-state index contributed by atoms with van der Waals surface area (Å²) in [4.78, 5) is 0.368. The number of sulfonamides is 1. The zero-order valence-corrected chi connectivity index (χ0v) is 13.8. The molecule has 0 amide bonds. The highest BCUT2D eigenvalue weighted by Crippen LogP contribution is 2.36. The number of rotatable bonds is 4. The van der Waals surface area contributed by atoms with Gasteiger partial charge in [-0.1, -0.05) is 17.7 Å². The molecule has 1 aliphatic heterocycles. The predicted molar refractivity (Wildman–Crippen MR) is 84.9 cm³/mol. The Morgan fingerprint density at radius 2 is 1.95 bits per heavy atom. The van der Waals surface area contributed by atoms with Gasteiger partial charge in [-0.2, -0.15) is 9.40 Å². The Kier molecular flexibility index (Phi) is 4.06. The van der Waals surface area contributed by atoms with Gasteiger partial charge < -0.3 is 0 Å². The Labute approximate surface area is 131 Å². The molecule has 1 aliphatic rings. The molecule has 0 saturated carbocycles. The molecule has 22 heavy (non-hydrogen) atoms. The number of hydrogen-bond acceptors (Lipinski definition) is 3. The lowest BCUT2D eigenvalue weighted by Crippen LogP contribution is -2.31. The van der Waals surface area contributed by atoms with E-state index >= 15 is 0 Å². The van der Waals surface area contributed by atoms with Gasteiger partial charge in [-0.05, 0) is 44.9 Å². The molecule has 1 saturated heterocycles. The second kappa shape index (κ2) is 5.85. The lowest BCUT2D eigenvalue weighted by atomic mass is 10.1. The molecule has 0 N–H and O–H groups in total. The van der Waals surface area contributed by atoms with Crippen LogP contribution in [-0.4, -0.2) is 29.0 Å². The molecule has 1 atom stereocenters. The monoisotopic (exact) mass is 319 g/mol. The van der Waals surface area contributed by atoms with Gasteiger partial charge in [-0.15, -0.1) is 0 Å². The third kappa shape index (κ3) is 2.57. The van der Waals surface area contributed by atoms with Crippen LogP contribution in [0.4, 0.5) is 0 Å². The fourth-order valence-electron chi connectivity index (χ4n) is 3.06. The first-order valence-corrected chi connectivity index (χ1v) is 9.08. The summed E-state index contributed by atoms with van der Waals surface area (Å²) in [7, 11) is -3.46. The van der Waals surface area contributed by atoms with E-state index in [1.807, 2.05) is 36.7 Å². The van der Waals surface area contributed by atoms with Gasteiger partial charge in [0.1, 0.15) is 0 Å². The molecule has 1 aromatic heterocycles. The van der Waals surface area contributed by atoms with Gasteiger partial charge in [0.25, 0.3) is 0 Å².